The van der Waals surface area contributed by atoms with E-state index in [0.29, 0.717) is 28.8 Å². The van der Waals surface area contributed by atoms with Gasteiger partial charge in [0.15, 0.2) is 0 Å². The predicted molar refractivity (Wildman–Crippen MR) is 108 cm³/mol. The van der Waals surface area contributed by atoms with Crippen LogP contribution in [0.5, 0.6) is 0 Å². The van der Waals surface area contributed by atoms with Crippen LogP contribution < -0.4 is 11.1 Å². The van der Waals surface area contributed by atoms with E-state index in [1.807, 2.05) is 12.1 Å². The number of hydrogen-bond acceptors (Lipinski definition) is 3. The van der Waals surface area contributed by atoms with Crippen molar-refractivity contribution in [3.05, 3.63) is 33.8 Å². The van der Waals surface area contributed by atoms with Crippen LogP contribution in [0.25, 0.3) is 0 Å². The van der Waals surface area contributed by atoms with E-state index in [-0.39, 0.29) is 5.92 Å². The number of carboxylic acids is 1. The molecular formula is C19H27BCl2N2O2. The molecule has 7 heteroatoms. The molecule has 1 unspecified atom stereocenters. The maximum Gasteiger partial charge on any atom is 0.323 e. The highest BCUT2D eigenvalue weighted by atomic mass is 35.5. The number of rotatable bonds is 11. The maximum absolute atomic E-state index is 11.6. The van der Waals surface area contributed by atoms with Gasteiger partial charge in [0, 0.05) is 16.1 Å². The summed E-state index contributed by atoms with van der Waals surface area (Å²) >= 11 is 12.1. The lowest BCUT2D eigenvalue weighted by atomic mass is 9.66. The van der Waals surface area contributed by atoms with E-state index in [2.05, 4.69) is 5.32 Å². The summed E-state index contributed by atoms with van der Waals surface area (Å²) < 4.78 is 0. The number of aliphatic carboxylic acids is 1. The van der Waals surface area contributed by atoms with Crippen molar-refractivity contribution in [2.24, 2.45) is 11.7 Å². The van der Waals surface area contributed by atoms with E-state index in [9.17, 15) is 9.90 Å². The summed E-state index contributed by atoms with van der Waals surface area (Å²) in [7, 11) is 5.49. The van der Waals surface area contributed by atoms with Crippen molar-refractivity contribution in [2.45, 2.75) is 62.8 Å². The smallest absolute Gasteiger partial charge is 0.323 e. The molecule has 4 N–H and O–H groups in total. The summed E-state index contributed by atoms with van der Waals surface area (Å²) in [4.78, 5) is 11.6. The first-order chi connectivity index (χ1) is 12.4. The molecule has 0 aromatic heterocycles. The molecule has 0 saturated heterocycles. The number of carboxylic acid groups (broad SMARTS) is 1. The van der Waals surface area contributed by atoms with Gasteiger partial charge in [-0.25, -0.2) is 0 Å². The molecule has 2 radical (unpaired) electrons. The third-order valence-electron chi connectivity index (χ3n) is 5.38. The number of carbonyl (C=O) groups is 1. The fourth-order valence-electron chi connectivity index (χ4n) is 3.56. The number of aryl methyl sites for hydroxylation is 1. The molecule has 4 nitrogen and oxygen atoms in total. The number of benzene rings is 1. The van der Waals surface area contributed by atoms with Crippen LogP contribution in [0.1, 0.15) is 44.1 Å². The molecule has 0 amide bonds. The van der Waals surface area contributed by atoms with Crippen LogP contribution in [0.15, 0.2) is 18.2 Å². The van der Waals surface area contributed by atoms with Crippen LogP contribution in [0.2, 0.25) is 16.4 Å². The Morgan fingerprint density at radius 3 is 2.65 bits per heavy atom. The van der Waals surface area contributed by atoms with Gasteiger partial charge in [0.05, 0.1) is 7.85 Å². The van der Waals surface area contributed by atoms with Crippen LogP contribution in [0.4, 0.5) is 0 Å². The Hall–Kier alpha value is -0.745. The lowest BCUT2D eigenvalue weighted by Crippen LogP contribution is -2.61. The summed E-state index contributed by atoms with van der Waals surface area (Å²) in [6.07, 6.45) is 6.11. The maximum atomic E-state index is 11.6. The number of nitrogens with two attached hydrogens (primary N) is 1. The lowest BCUT2D eigenvalue weighted by Gasteiger charge is -2.45. The first-order valence-electron chi connectivity index (χ1n) is 9.26. The van der Waals surface area contributed by atoms with Crippen molar-refractivity contribution in [1.29, 1.82) is 0 Å². The van der Waals surface area contributed by atoms with Gasteiger partial charge in [0.2, 0.25) is 0 Å². The number of unbranched alkanes of at least 4 members (excludes halogenated alkanes) is 1. The van der Waals surface area contributed by atoms with Gasteiger partial charge in [0.1, 0.15) is 5.54 Å². The molecule has 26 heavy (non-hydrogen) atoms. The van der Waals surface area contributed by atoms with Gasteiger partial charge in [-0.15, -0.1) is 0 Å². The SMILES string of the molecule is [B]CCCCC(N)(C(=O)O)C1CC(NCCCc2ccc(Cl)cc2Cl)C1. The zero-order valence-corrected chi connectivity index (χ0v) is 16.5. The molecular weight excluding hydrogens is 370 g/mol. The topological polar surface area (TPSA) is 75.4 Å². The zero-order chi connectivity index (χ0) is 19.2. The molecule has 1 aromatic rings. The molecule has 1 atom stereocenters. The number of nitrogens with one attached hydrogen (secondary N) is 1. The van der Waals surface area contributed by atoms with E-state index in [1.54, 1.807) is 6.07 Å². The van der Waals surface area contributed by atoms with Crippen molar-refractivity contribution in [1.82, 2.24) is 5.32 Å². The minimum atomic E-state index is -1.12. The fraction of sp³-hybridized carbons (Fsp3) is 0.632. The Labute approximate surface area is 167 Å². The standard InChI is InChI=1S/C19H27BCl2N2O2/c20-8-2-1-7-19(23,18(25)26)14-10-16(11-14)24-9-3-4-13-5-6-15(21)12-17(13)22/h5-6,12,14,16,24H,1-4,7-11,23H2,(H,25,26). The van der Waals surface area contributed by atoms with Crippen molar-refractivity contribution >= 4 is 37.0 Å². The normalized spacial score (nSPS) is 21.8. The molecule has 2 rings (SSSR count). The molecule has 0 bridgehead atoms. The van der Waals surface area contributed by atoms with Crippen LogP contribution in [0.3, 0.4) is 0 Å². The van der Waals surface area contributed by atoms with Crippen molar-refractivity contribution < 1.29 is 9.90 Å². The largest absolute Gasteiger partial charge is 0.480 e. The Morgan fingerprint density at radius 1 is 1.31 bits per heavy atom. The predicted octanol–water partition coefficient (Wildman–Crippen LogP) is 3.83. The fourth-order valence-corrected chi connectivity index (χ4v) is 4.07. The number of hydrogen-bond donors (Lipinski definition) is 3. The quantitative estimate of drug-likeness (QED) is 0.392. The Morgan fingerprint density at radius 2 is 2.04 bits per heavy atom. The van der Waals surface area contributed by atoms with E-state index in [1.165, 1.54) is 0 Å². The van der Waals surface area contributed by atoms with E-state index in [4.69, 9.17) is 36.8 Å². The van der Waals surface area contributed by atoms with Gasteiger partial charge in [-0.2, -0.15) is 0 Å². The highest BCUT2D eigenvalue weighted by Crippen LogP contribution is 2.38. The molecule has 1 aromatic carbocycles. The molecule has 1 fully saturated rings. The van der Waals surface area contributed by atoms with Crippen LogP contribution in [-0.4, -0.2) is 37.0 Å². The van der Waals surface area contributed by atoms with Gasteiger partial charge < -0.3 is 16.2 Å². The summed E-state index contributed by atoms with van der Waals surface area (Å²) in [5.41, 5.74) is 6.19. The summed E-state index contributed by atoms with van der Waals surface area (Å²) in [5, 5.41) is 14.4. The minimum Gasteiger partial charge on any atom is -0.480 e. The van der Waals surface area contributed by atoms with E-state index < -0.39 is 11.5 Å². The van der Waals surface area contributed by atoms with Crippen LogP contribution >= 0.6 is 23.2 Å². The third kappa shape index (κ3) is 5.62. The Balaban J connectivity index is 1.69. The molecule has 0 heterocycles. The summed E-state index contributed by atoms with van der Waals surface area (Å²) in [5.74, 6) is -0.865. The van der Waals surface area contributed by atoms with Gasteiger partial charge in [-0.1, -0.05) is 48.4 Å². The highest BCUT2D eigenvalue weighted by Gasteiger charge is 2.47. The molecule has 142 valence electrons. The molecule has 1 saturated carbocycles. The minimum absolute atomic E-state index is 0.0287. The second-order valence-corrected chi connectivity index (χ2v) is 8.09. The highest BCUT2D eigenvalue weighted by molar-refractivity contribution is 6.35. The van der Waals surface area contributed by atoms with Crippen molar-refractivity contribution in [2.75, 3.05) is 6.54 Å². The molecule has 0 aliphatic heterocycles. The monoisotopic (exact) mass is 396 g/mol. The van der Waals surface area contributed by atoms with Gasteiger partial charge in [-0.05, 0) is 62.3 Å². The van der Waals surface area contributed by atoms with E-state index >= 15 is 0 Å². The van der Waals surface area contributed by atoms with Crippen LogP contribution in [0, 0.1) is 5.92 Å². The summed E-state index contributed by atoms with van der Waals surface area (Å²) in [6, 6.07) is 5.92. The second-order valence-electron chi connectivity index (χ2n) is 7.25. The third-order valence-corrected chi connectivity index (χ3v) is 5.97. The molecule has 1 aliphatic carbocycles. The lowest BCUT2D eigenvalue weighted by molar-refractivity contribution is -0.148. The van der Waals surface area contributed by atoms with Gasteiger partial charge in [0.25, 0.3) is 0 Å². The van der Waals surface area contributed by atoms with Crippen molar-refractivity contribution in [3.63, 3.8) is 0 Å². The van der Waals surface area contributed by atoms with E-state index in [0.717, 1.165) is 50.6 Å². The van der Waals surface area contributed by atoms with Crippen LogP contribution in [-0.2, 0) is 11.2 Å². The molecule has 0 spiro atoms. The first kappa shape index (κ1) is 21.6. The first-order valence-corrected chi connectivity index (χ1v) is 10.0. The molecule has 1 aliphatic rings. The Bertz CT molecular complexity index is 611. The van der Waals surface area contributed by atoms with Gasteiger partial charge in [-0.3, -0.25) is 4.79 Å². The second kappa shape index (κ2) is 9.98. The average molecular weight is 397 g/mol. The average Bonchev–Trinajstić information content (AvgIpc) is 2.54. The van der Waals surface area contributed by atoms with Crippen molar-refractivity contribution in [3.8, 4) is 0 Å². The van der Waals surface area contributed by atoms with Gasteiger partial charge >= 0.3 is 5.97 Å². The Kier molecular flexibility index (Phi) is 8.27. The summed E-state index contributed by atoms with van der Waals surface area (Å²) in [6.45, 7) is 0.869. The zero-order valence-electron chi connectivity index (χ0n) is 15.0. The number of halogens is 2.